The second kappa shape index (κ2) is 10.2. The van der Waals surface area contributed by atoms with Crippen LogP contribution in [-0.2, 0) is 17.9 Å². The van der Waals surface area contributed by atoms with E-state index in [2.05, 4.69) is 24.8 Å². The maximum Gasteiger partial charge on any atom is 0.129 e. The number of methoxy groups -OCH3 is 1. The maximum absolute atomic E-state index is 10.3. The zero-order valence-electron chi connectivity index (χ0n) is 15.4. The van der Waals surface area contributed by atoms with Gasteiger partial charge < -0.3 is 19.0 Å². The Morgan fingerprint density at radius 3 is 2.76 bits per heavy atom. The third kappa shape index (κ3) is 6.53. The van der Waals surface area contributed by atoms with Crippen LogP contribution in [0.3, 0.4) is 0 Å². The minimum Gasteiger partial charge on any atom is -0.497 e. The van der Waals surface area contributed by atoms with Crippen LogP contribution in [0, 0.1) is 0 Å². The SMILES string of the molecule is CC[C@@H](C)N(Cc1cccc(OC)c1)C[C@H](O)COCc1ccco1. The number of furan rings is 1. The molecule has 2 aromatic rings. The molecule has 0 radical (unpaired) electrons. The molecule has 0 fully saturated rings. The first-order valence-electron chi connectivity index (χ1n) is 8.77. The van der Waals surface area contributed by atoms with Gasteiger partial charge in [0.25, 0.3) is 0 Å². The Morgan fingerprint density at radius 1 is 1.24 bits per heavy atom. The number of hydrogen-bond acceptors (Lipinski definition) is 5. The standard InChI is InChI=1S/C20H29NO4/c1-4-16(2)21(12-17-7-5-8-19(11-17)23-3)13-18(22)14-24-15-20-9-6-10-25-20/h5-11,16,18,22H,4,12-15H2,1-3H3/t16-,18+/m1/s1. The normalized spacial score (nSPS) is 13.8. The van der Waals surface area contributed by atoms with Gasteiger partial charge >= 0.3 is 0 Å². The Kier molecular flexibility index (Phi) is 7.98. The quantitative estimate of drug-likeness (QED) is 0.674. The second-order valence-corrected chi connectivity index (χ2v) is 6.29. The van der Waals surface area contributed by atoms with Gasteiger partial charge in [0.2, 0.25) is 0 Å². The van der Waals surface area contributed by atoms with Gasteiger partial charge in [-0.2, -0.15) is 0 Å². The summed E-state index contributed by atoms with van der Waals surface area (Å²) in [4.78, 5) is 2.27. The summed E-state index contributed by atoms with van der Waals surface area (Å²) >= 11 is 0. The molecule has 1 aromatic carbocycles. The average Bonchev–Trinajstić information content (AvgIpc) is 3.14. The first kappa shape index (κ1) is 19.5. The molecule has 0 unspecified atom stereocenters. The van der Waals surface area contributed by atoms with Crippen molar-refractivity contribution in [2.45, 2.75) is 45.6 Å². The number of rotatable bonds is 11. The summed E-state index contributed by atoms with van der Waals surface area (Å²) in [6, 6.07) is 12.1. The van der Waals surface area contributed by atoms with Crippen LogP contribution >= 0.6 is 0 Å². The minimum absolute atomic E-state index is 0.283. The molecule has 0 spiro atoms. The van der Waals surface area contributed by atoms with E-state index >= 15 is 0 Å². The van der Waals surface area contributed by atoms with Gasteiger partial charge in [-0.3, -0.25) is 4.90 Å². The van der Waals surface area contributed by atoms with Crippen molar-refractivity contribution in [1.82, 2.24) is 4.90 Å². The van der Waals surface area contributed by atoms with Crippen LogP contribution in [0.15, 0.2) is 47.1 Å². The summed E-state index contributed by atoms with van der Waals surface area (Å²) < 4.78 is 16.1. The Labute approximate surface area is 150 Å². The monoisotopic (exact) mass is 347 g/mol. The van der Waals surface area contributed by atoms with Gasteiger partial charge in [0.1, 0.15) is 18.1 Å². The predicted octanol–water partition coefficient (Wildman–Crippen LogP) is 3.47. The minimum atomic E-state index is -0.547. The Bertz CT molecular complexity index is 600. The lowest BCUT2D eigenvalue weighted by molar-refractivity contribution is -0.00272. The third-order valence-electron chi connectivity index (χ3n) is 4.31. The lowest BCUT2D eigenvalue weighted by Crippen LogP contribution is -2.39. The number of benzene rings is 1. The smallest absolute Gasteiger partial charge is 0.129 e. The molecule has 5 heteroatoms. The summed E-state index contributed by atoms with van der Waals surface area (Å²) in [5.41, 5.74) is 1.17. The lowest BCUT2D eigenvalue weighted by Gasteiger charge is -2.30. The van der Waals surface area contributed by atoms with Crippen LogP contribution < -0.4 is 4.74 Å². The Hall–Kier alpha value is -1.82. The number of hydrogen-bond donors (Lipinski definition) is 1. The summed E-state index contributed by atoms with van der Waals surface area (Å²) in [5, 5.41) is 10.3. The highest BCUT2D eigenvalue weighted by Crippen LogP contribution is 2.17. The van der Waals surface area contributed by atoms with Crippen molar-refractivity contribution in [1.29, 1.82) is 0 Å². The van der Waals surface area contributed by atoms with Gasteiger partial charge in [0.15, 0.2) is 0 Å². The second-order valence-electron chi connectivity index (χ2n) is 6.29. The molecule has 0 aliphatic rings. The highest BCUT2D eigenvalue weighted by molar-refractivity contribution is 5.28. The number of aliphatic hydroxyl groups excluding tert-OH is 1. The zero-order chi connectivity index (χ0) is 18.1. The molecule has 0 aliphatic carbocycles. The van der Waals surface area contributed by atoms with E-state index in [0.29, 0.717) is 19.2 Å². The van der Waals surface area contributed by atoms with E-state index in [9.17, 15) is 5.11 Å². The molecule has 1 N–H and O–H groups in total. The number of aliphatic hydroxyl groups is 1. The van der Waals surface area contributed by atoms with Crippen LogP contribution in [-0.4, -0.2) is 42.4 Å². The van der Waals surface area contributed by atoms with Crippen LogP contribution in [0.1, 0.15) is 31.6 Å². The van der Waals surface area contributed by atoms with Crippen molar-refractivity contribution in [3.8, 4) is 5.75 Å². The molecule has 5 nitrogen and oxygen atoms in total. The van der Waals surface area contributed by atoms with Crippen molar-refractivity contribution in [3.05, 3.63) is 54.0 Å². The van der Waals surface area contributed by atoms with Crippen molar-refractivity contribution in [2.24, 2.45) is 0 Å². The molecular weight excluding hydrogens is 318 g/mol. The summed E-state index contributed by atoms with van der Waals surface area (Å²) in [6.45, 7) is 6.32. The van der Waals surface area contributed by atoms with E-state index in [1.165, 1.54) is 5.56 Å². The van der Waals surface area contributed by atoms with Crippen LogP contribution in [0.5, 0.6) is 5.75 Å². The van der Waals surface area contributed by atoms with Crippen LogP contribution in [0.25, 0.3) is 0 Å². The molecule has 1 aromatic heterocycles. The summed E-state index contributed by atoms with van der Waals surface area (Å²) in [6.07, 6.45) is 2.09. The fourth-order valence-electron chi connectivity index (χ4n) is 2.68. The third-order valence-corrected chi connectivity index (χ3v) is 4.31. The predicted molar refractivity (Wildman–Crippen MR) is 97.5 cm³/mol. The Balaban J connectivity index is 1.87. The van der Waals surface area contributed by atoms with Gasteiger partial charge in [-0.05, 0) is 43.2 Å². The van der Waals surface area contributed by atoms with E-state index in [4.69, 9.17) is 13.9 Å². The molecule has 1 heterocycles. The lowest BCUT2D eigenvalue weighted by atomic mass is 10.1. The first-order valence-corrected chi connectivity index (χ1v) is 8.77. The molecule has 2 rings (SSSR count). The molecule has 0 saturated heterocycles. The first-order chi connectivity index (χ1) is 12.1. The Morgan fingerprint density at radius 2 is 2.08 bits per heavy atom. The summed E-state index contributed by atoms with van der Waals surface area (Å²) in [7, 11) is 1.67. The number of nitrogens with zero attached hydrogens (tertiary/aromatic N) is 1. The molecule has 0 amide bonds. The zero-order valence-corrected chi connectivity index (χ0v) is 15.4. The topological polar surface area (TPSA) is 55.1 Å². The fourth-order valence-corrected chi connectivity index (χ4v) is 2.68. The van der Waals surface area contributed by atoms with E-state index < -0.39 is 6.10 Å². The molecule has 138 valence electrons. The largest absolute Gasteiger partial charge is 0.497 e. The highest BCUT2D eigenvalue weighted by Gasteiger charge is 2.17. The molecule has 0 aliphatic heterocycles. The van der Waals surface area contributed by atoms with Gasteiger partial charge in [0.05, 0.1) is 26.1 Å². The molecule has 0 bridgehead atoms. The highest BCUT2D eigenvalue weighted by atomic mass is 16.5. The van der Waals surface area contributed by atoms with Crippen LogP contribution in [0.2, 0.25) is 0 Å². The van der Waals surface area contributed by atoms with Crippen LogP contribution in [0.4, 0.5) is 0 Å². The number of ether oxygens (including phenoxy) is 2. The van der Waals surface area contributed by atoms with Crippen molar-refractivity contribution < 1.29 is 19.0 Å². The van der Waals surface area contributed by atoms with Gasteiger partial charge in [0, 0.05) is 19.1 Å². The van der Waals surface area contributed by atoms with Crippen molar-refractivity contribution in [2.75, 3.05) is 20.3 Å². The molecular formula is C20H29NO4. The fraction of sp³-hybridized carbons (Fsp3) is 0.500. The molecule has 25 heavy (non-hydrogen) atoms. The van der Waals surface area contributed by atoms with Gasteiger partial charge in [-0.1, -0.05) is 19.1 Å². The van der Waals surface area contributed by atoms with Gasteiger partial charge in [-0.15, -0.1) is 0 Å². The molecule has 2 atom stereocenters. The maximum atomic E-state index is 10.3. The average molecular weight is 347 g/mol. The van der Waals surface area contributed by atoms with E-state index in [1.54, 1.807) is 13.4 Å². The van der Waals surface area contributed by atoms with Crippen molar-refractivity contribution in [3.63, 3.8) is 0 Å². The van der Waals surface area contributed by atoms with E-state index in [0.717, 1.165) is 24.5 Å². The van der Waals surface area contributed by atoms with Crippen molar-refractivity contribution >= 4 is 0 Å². The van der Waals surface area contributed by atoms with Gasteiger partial charge in [-0.25, -0.2) is 0 Å². The van der Waals surface area contributed by atoms with E-state index in [1.807, 2.05) is 30.3 Å². The molecule has 0 saturated carbocycles. The summed E-state index contributed by atoms with van der Waals surface area (Å²) in [5.74, 6) is 1.62. The van der Waals surface area contributed by atoms with E-state index in [-0.39, 0.29) is 6.61 Å².